The van der Waals surface area contributed by atoms with Gasteiger partial charge in [-0.05, 0) is 31.5 Å². The Kier molecular flexibility index (Phi) is 5.69. The summed E-state index contributed by atoms with van der Waals surface area (Å²) in [5.74, 6) is -0.756. The van der Waals surface area contributed by atoms with E-state index in [1.165, 1.54) is 0 Å². The van der Waals surface area contributed by atoms with E-state index in [1.54, 1.807) is 6.07 Å². The summed E-state index contributed by atoms with van der Waals surface area (Å²) in [6.07, 6.45) is -0.00714. The molecule has 1 aliphatic rings. The number of fused-ring (bicyclic) bond motifs is 1. The first-order valence-electron chi connectivity index (χ1n) is 10.4. The summed E-state index contributed by atoms with van der Waals surface area (Å²) in [5.41, 5.74) is 10.3. The van der Waals surface area contributed by atoms with Crippen LogP contribution in [0, 0.1) is 13.8 Å². The Morgan fingerprint density at radius 3 is 2.44 bits per heavy atom. The summed E-state index contributed by atoms with van der Waals surface area (Å²) in [6, 6.07) is 19.3. The number of phenols is 1. The number of rotatable bonds is 6. The Hall–Kier alpha value is -4.06. The minimum absolute atomic E-state index is 0.00714. The monoisotopic (exact) mass is 427 g/mol. The molecule has 3 aromatic carbocycles. The molecule has 4 rings (SSSR count). The zero-order valence-electron chi connectivity index (χ0n) is 18.1. The summed E-state index contributed by atoms with van der Waals surface area (Å²) < 4.78 is 0. The lowest BCUT2D eigenvalue weighted by Gasteiger charge is -2.19. The molecule has 0 fully saturated rings. The van der Waals surface area contributed by atoms with Crippen LogP contribution in [0.4, 0.5) is 11.4 Å². The Morgan fingerprint density at radius 2 is 1.72 bits per heavy atom. The first-order chi connectivity index (χ1) is 15.3. The van der Waals surface area contributed by atoms with E-state index in [0.717, 1.165) is 33.5 Å². The molecule has 0 amide bonds. The highest BCUT2D eigenvalue weighted by Crippen LogP contribution is 2.37. The fourth-order valence-corrected chi connectivity index (χ4v) is 4.04. The third kappa shape index (κ3) is 4.07. The molecule has 0 spiro atoms. The largest absolute Gasteiger partial charge is 0.505 e. The predicted octanol–water partition coefficient (Wildman–Crippen LogP) is 5.30. The van der Waals surface area contributed by atoms with Crippen LogP contribution in [0.15, 0.2) is 78.0 Å². The SMILES string of the molecule is C=C1/C(=N\Nc2cccc(-c3cc(C)cc(C)c3)c2O)c2ccccc2N1CCC(=O)O. The highest BCUT2D eigenvalue weighted by molar-refractivity contribution is 6.22. The molecule has 6 nitrogen and oxygen atoms in total. The van der Waals surface area contributed by atoms with Crippen LogP contribution >= 0.6 is 0 Å². The van der Waals surface area contributed by atoms with Crippen molar-refractivity contribution in [3.63, 3.8) is 0 Å². The van der Waals surface area contributed by atoms with Crippen LogP contribution in [0.2, 0.25) is 0 Å². The molecule has 0 saturated carbocycles. The lowest BCUT2D eigenvalue weighted by atomic mass is 9.99. The van der Waals surface area contributed by atoms with Gasteiger partial charge >= 0.3 is 5.97 Å². The second kappa shape index (κ2) is 8.59. The number of anilines is 2. The van der Waals surface area contributed by atoms with Gasteiger partial charge in [-0.25, -0.2) is 0 Å². The number of hydrogen-bond donors (Lipinski definition) is 3. The van der Waals surface area contributed by atoms with E-state index in [-0.39, 0.29) is 12.2 Å². The fourth-order valence-electron chi connectivity index (χ4n) is 4.04. The highest BCUT2D eigenvalue weighted by atomic mass is 16.4. The average Bonchev–Trinajstić information content (AvgIpc) is 3.01. The number of hydrogen-bond acceptors (Lipinski definition) is 5. The number of para-hydroxylation sites is 2. The van der Waals surface area contributed by atoms with Crippen molar-refractivity contribution in [2.24, 2.45) is 5.10 Å². The number of carboxylic acids is 1. The van der Waals surface area contributed by atoms with Crippen molar-refractivity contribution in [3.05, 3.63) is 89.6 Å². The summed E-state index contributed by atoms with van der Waals surface area (Å²) in [5, 5.41) is 24.6. The Balaban J connectivity index is 1.66. The first kappa shape index (κ1) is 21.2. The van der Waals surface area contributed by atoms with Gasteiger partial charge in [0.1, 0.15) is 11.5 Å². The molecule has 32 heavy (non-hydrogen) atoms. The summed E-state index contributed by atoms with van der Waals surface area (Å²) in [4.78, 5) is 12.9. The van der Waals surface area contributed by atoms with Crippen molar-refractivity contribution in [1.82, 2.24) is 0 Å². The molecule has 0 radical (unpaired) electrons. The van der Waals surface area contributed by atoms with E-state index in [4.69, 9.17) is 5.11 Å². The summed E-state index contributed by atoms with van der Waals surface area (Å²) >= 11 is 0. The molecular formula is C26H25N3O3. The number of aromatic hydroxyl groups is 1. The van der Waals surface area contributed by atoms with Crippen LogP contribution < -0.4 is 10.3 Å². The number of hydrazone groups is 1. The average molecular weight is 428 g/mol. The van der Waals surface area contributed by atoms with E-state index in [2.05, 4.69) is 23.2 Å². The standard InChI is InChI=1S/C26H25N3O3/c1-16-13-17(2)15-19(14-16)20-8-6-9-22(26(20)32)27-28-25-18(3)29(12-11-24(30)31)23-10-5-4-7-21(23)25/h4-10,13-15,27,32H,3,11-12H2,1-2H3,(H,30,31)/b28-25+. The van der Waals surface area contributed by atoms with Crippen molar-refractivity contribution in [2.45, 2.75) is 20.3 Å². The lowest BCUT2D eigenvalue weighted by Crippen LogP contribution is -2.23. The molecule has 0 atom stereocenters. The number of nitrogens with one attached hydrogen (secondary N) is 1. The van der Waals surface area contributed by atoms with E-state index in [1.807, 2.05) is 67.3 Å². The number of allylic oxidation sites excluding steroid dienone is 1. The number of phenolic OH excluding ortho intramolecular Hbond substituents is 1. The molecule has 6 heteroatoms. The van der Waals surface area contributed by atoms with Gasteiger partial charge in [0.05, 0.1) is 23.5 Å². The third-order valence-corrected chi connectivity index (χ3v) is 5.46. The van der Waals surface area contributed by atoms with Crippen molar-refractivity contribution in [2.75, 3.05) is 16.9 Å². The predicted molar refractivity (Wildman–Crippen MR) is 128 cm³/mol. The smallest absolute Gasteiger partial charge is 0.305 e. The molecular weight excluding hydrogens is 402 g/mol. The molecule has 0 saturated heterocycles. The minimum Gasteiger partial charge on any atom is -0.505 e. The molecule has 0 bridgehead atoms. The maximum atomic E-state index is 11.1. The minimum atomic E-state index is -0.869. The quantitative estimate of drug-likeness (QED) is 0.367. The van der Waals surface area contributed by atoms with E-state index in [9.17, 15) is 9.90 Å². The van der Waals surface area contributed by atoms with Crippen molar-refractivity contribution >= 4 is 23.1 Å². The summed E-state index contributed by atoms with van der Waals surface area (Å²) in [6.45, 7) is 8.49. The summed E-state index contributed by atoms with van der Waals surface area (Å²) in [7, 11) is 0. The highest BCUT2D eigenvalue weighted by Gasteiger charge is 2.29. The van der Waals surface area contributed by atoms with E-state index in [0.29, 0.717) is 23.6 Å². The van der Waals surface area contributed by atoms with Gasteiger partial charge in [0, 0.05) is 17.7 Å². The number of benzene rings is 3. The van der Waals surface area contributed by atoms with Gasteiger partial charge in [-0.3, -0.25) is 10.2 Å². The maximum Gasteiger partial charge on any atom is 0.305 e. The number of carboxylic acid groups (broad SMARTS) is 1. The van der Waals surface area contributed by atoms with Crippen LogP contribution in [-0.2, 0) is 4.79 Å². The Labute approximate surface area is 187 Å². The van der Waals surface area contributed by atoms with E-state index >= 15 is 0 Å². The van der Waals surface area contributed by atoms with Gasteiger partial charge in [0.15, 0.2) is 0 Å². The molecule has 162 valence electrons. The second-order valence-electron chi connectivity index (χ2n) is 7.91. The van der Waals surface area contributed by atoms with Crippen LogP contribution in [-0.4, -0.2) is 28.4 Å². The Morgan fingerprint density at radius 1 is 1.03 bits per heavy atom. The first-order valence-corrected chi connectivity index (χ1v) is 10.4. The van der Waals surface area contributed by atoms with Crippen LogP contribution in [0.3, 0.4) is 0 Å². The van der Waals surface area contributed by atoms with E-state index < -0.39 is 5.97 Å². The topological polar surface area (TPSA) is 85.2 Å². The number of carbonyl (C=O) groups is 1. The second-order valence-corrected chi connectivity index (χ2v) is 7.91. The molecule has 0 aliphatic carbocycles. The number of aryl methyl sites for hydroxylation is 2. The third-order valence-electron chi connectivity index (χ3n) is 5.46. The number of nitrogens with zero attached hydrogens (tertiary/aromatic N) is 2. The van der Waals surface area contributed by atoms with Crippen molar-refractivity contribution in [1.29, 1.82) is 0 Å². The maximum absolute atomic E-state index is 11.1. The fraction of sp³-hybridized carbons (Fsp3) is 0.154. The molecule has 3 aromatic rings. The molecule has 1 aliphatic heterocycles. The van der Waals surface area contributed by atoms with Gasteiger partial charge in [-0.15, -0.1) is 0 Å². The zero-order valence-corrected chi connectivity index (χ0v) is 18.1. The van der Waals surface area contributed by atoms with Crippen molar-refractivity contribution < 1.29 is 15.0 Å². The zero-order chi connectivity index (χ0) is 22.8. The van der Waals surface area contributed by atoms with Gasteiger partial charge in [-0.1, -0.05) is 66.2 Å². The van der Waals surface area contributed by atoms with Gasteiger partial charge in [0.2, 0.25) is 0 Å². The van der Waals surface area contributed by atoms with Crippen molar-refractivity contribution in [3.8, 4) is 16.9 Å². The van der Waals surface area contributed by atoms with Gasteiger partial charge < -0.3 is 15.1 Å². The Bertz CT molecular complexity index is 1230. The van der Waals surface area contributed by atoms with Gasteiger partial charge in [0.25, 0.3) is 0 Å². The lowest BCUT2D eigenvalue weighted by molar-refractivity contribution is -0.136. The number of aliphatic carboxylic acids is 1. The molecule has 0 unspecified atom stereocenters. The molecule has 0 aromatic heterocycles. The molecule has 3 N–H and O–H groups in total. The molecule has 1 heterocycles. The van der Waals surface area contributed by atoms with Gasteiger partial charge in [-0.2, -0.15) is 5.10 Å². The van der Waals surface area contributed by atoms with Crippen LogP contribution in [0.1, 0.15) is 23.1 Å². The normalized spacial score (nSPS) is 14.0. The van der Waals surface area contributed by atoms with Crippen LogP contribution in [0.5, 0.6) is 5.75 Å². The van der Waals surface area contributed by atoms with Crippen LogP contribution in [0.25, 0.3) is 11.1 Å².